The fourth-order valence-corrected chi connectivity index (χ4v) is 3.53. The maximum absolute atomic E-state index is 12.8. The fraction of sp³-hybridized carbons (Fsp3) is 0.333. The van der Waals surface area contributed by atoms with Crippen LogP contribution in [0.1, 0.15) is 26.3 Å². The number of aryl methyl sites for hydroxylation is 1. The summed E-state index contributed by atoms with van der Waals surface area (Å²) in [5.74, 6) is 0.419. The molecule has 0 radical (unpaired) electrons. The lowest BCUT2D eigenvalue weighted by Crippen LogP contribution is -2.22. The summed E-state index contributed by atoms with van der Waals surface area (Å²) in [6.45, 7) is 7.05. The zero-order valence-electron chi connectivity index (χ0n) is 13.2. The highest BCUT2D eigenvalue weighted by molar-refractivity contribution is 7.17. The van der Waals surface area contributed by atoms with E-state index in [9.17, 15) is 4.79 Å². The summed E-state index contributed by atoms with van der Waals surface area (Å²) in [6, 6.07) is 8.45. The Labute approximate surface area is 134 Å². The van der Waals surface area contributed by atoms with E-state index in [1.165, 1.54) is 16.9 Å². The highest BCUT2D eigenvalue weighted by Gasteiger charge is 2.13. The first-order valence-electron chi connectivity index (χ1n) is 7.66. The van der Waals surface area contributed by atoms with Gasteiger partial charge in [0.25, 0.3) is 5.56 Å². The number of nitrogens with zero attached hydrogens (tertiary/aromatic N) is 2. The largest absolute Gasteiger partial charge is 0.298 e. The molecule has 0 aliphatic heterocycles. The Hall–Kier alpha value is -1.94. The van der Waals surface area contributed by atoms with Gasteiger partial charge in [0.2, 0.25) is 0 Å². The van der Waals surface area contributed by atoms with E-state index in [0.29, 0.717) is 12.5 Å². The number of rotatable bonds is 4. The van der Waals surface area contributed by atoms with Gasteiger partial charge < -0.3 is 0 Å². The van der Waals surface area contributed by atoms with E-state index < -0.39 is 0 Å². The van der Waals surface area contributed by atoms with Crippen molar-refractivity contribution in [1.82, 2.24) is 9.55 Å². The van der Waals surface area contributed by atoms with Gasteiger partial charge in [-0.3, -0.25) is 9.36 Å². The summed E-state index contributed by atoms with van der Waals surface area (Å²) in [5.41, 5.74) is 3.45. The Morgan fingerprint density at radius 1 is 1.23 bits per heavy atom. The monoisotopic (exact) mass is 312 g/mol. The highest BCUT2D eigenvalue weighted by atomic mass is 32.1. The average Bonchev–Trinajstić information content (AvgIpc) is 2.94. The minimum absolute atomic E-state index is 0.0644. The minimum atomic E-state index is 0.0644. The van der Waals surface area contributed by atoms with Gasteiger partial charge in [0.15, 0.2) is 0 Å². The second-order valence-corrected chi connectivity index (χ2v) is 6.83. The standard InChI is InChI=1S/C18H20N2OS/c1-4-13-5-7-14(8-6-13)15-10-22-17-16(15)18(21)20(11-19-17)9-12(2)3/h5-8,10-12H,4,9H2,1-3H3. The highest BCUT2D eigenvalue weighted by Crippen LogP contribution is 2.30. The lowest BCUT2D eigenvalue weighted by atomic mass is 10.0. The second-order valence-electron chi connectivity index (χ2n) is 5.98. The van der Waals surface area contributed by atoms with E-state index in [4.69, 9.17) is 0 Å². The van der Waals surface area contributed by atoms with Crippen molar-refractivity contribution in [2.24, 2.45) is 5.92 Å². The van der Waals surface area contributed by atoms with Crippen LogP contribution < -0.4 is 5.56 Å². The topological polar surface area (TPSA) is 34.9 Å². The predicted octanol–water partition coefficient (Wildman–Crippen LogP) is 4.34. The predicted molar refractivity (Wildman–Crippen MR) is 93.5 cm³/mol. The van der Waals surface area contributed by atoms with Crippen LogP contribution in [0.3, 0.4) is 0 Å². The van der Waals surface area contributed by atoms with Crippen LogP contribution >= 0.6 is 11.3 Å². The van der Waals surface area contributed by atoms with Crippen molar-refractivity contribution in [3.63, 3.8) is 0 Å². The van der Waals surface area contributed by atoms with Crippen LogP contribution in [-0.4, -0.2) is 9.55 Å². The van der Waals surface area contributed by atoms with Crippen molar-refractivity contribution < 1.29 is 0 Å². The van der Waals surface area contributed by atoms with Gasteiger partial charge in [0.1, 0.15) is 4.83 Å². The molecule has 0 spiro atoms. The quantitative estimate of drug-likeness (QED) is 0.718. The molecule has 22 heavy (non-hydrogen) atoms. The molecule has 114 valence electrons. The molecule has 0 bridgehead atoms. The zero-order chi connectivity index (χ0) is 15.7. The molecule has 3 rings (SSSR count). The first-order valence-corrected chi connectivity index (χ1v) is 8.54. The summed E-state index contributed by atoms with van der Waals surface area (Å²) in [4.78, 5) is 18.0. The molecule has 2 aromatic heterocycles. The van der Waals surface area contributed by atoms with Gasteiger partial charge in [0, 0.05) is 17.5 Å². The Morgan fingerprint density at radius 3 is 2.59 bits per heavy atom. The average molecular weight is 312 g/mol. The van der Waals surface area contributed by atoms with E-state index in [2.05, 4.69) is 50.0 Å². The molecule has 0 saturated carbocycles. The molecule has 0 fully saturated rings. The van der Waals surface area contributed by atoms with E-state index in [1.807, 2.05) is 5.38 Å². The lowest BCUT2D eigenvalue weighted by molar-refractivity contribution is 0.508. The van der Waals surface area contributed by atoms with Gasteiger partial charge in [-0.25, -0.2) is 4.98 Å². The Kier molecular flexibility index (Phi) is 4.12. The number of benzene rings is 1. The van der Waals surface area contributed by atoms with Crippen LogP contribution in [0.4, 0.5) is 0 Å². The fourth-order valence-electron chi connectivity index (χ4n) is 2.62. The maximum atomic E-state index is 12.8. The number of fused-ring (bicyclic) bond motifs is 1. The van der Waals surface area contributed by atoms with Crippen molar-refractivity contribution in [1.29, 1.82) is 0 Å². The Morgan fingerprint density at radius 2 is 1.95 bits per heavy atom. The van der Waals surface area contributed by atoms with Crippen molar-refractivity contribution >= 4 is 21.6 Å². The van der Waals surface area contributed by atoms with Crippen LogP contribution in [-0.2, 0) is 13.0 Å². The summed E-state index contributed by atoms with van der Waals surface area (Å²) < 4.78 is 1.73. The van der Waals surface area contributed by atoms with Crippen molar-refractivity contribution in [2.45, 2.75) is 33.7 Å². The SMILES string of the molecule is CCc1ccc(-c2csc3ncn(CC(C)C)c(=O)c23)cc1. The Balaban J connectivity index is 2.15. The van der Waals surface area contributed by atoms with E-state index in [1.54, 1.807) is 10.9 Å². The van der Waals surface area contributed by atoms with Crippen LogP contribution in [0, 0.1) is 5.92 Å². The summed E-state index contributed by atoms with van der Waals surface area (Å²) in [6.07, 6.45) is 2.69. The summed E-state index contributed by atoms with van der Waals surface area (Å²) >= 11 is 1.54. The van der Waals surface area contributed by atoms with Gasteiger partial charge in [-0.2, -0.15) is 0 Å². The number of thiophene rings is 1. The van der Waals surface area contributed by atoms with Crippen molar-refractivity contribution in [3.8, 4) is 11.1 Å². The minimum Gasteiger partial charge on any atom is -0.298 e. The smallest absolute Gasteiger partial charge is 0.262 e. The molecular weight excluding hydrogens is 292 g/mol. The molecule has 3 nitrogen and oxygen atoms in total. The third kappa shape index (κ3) is 2.71. The van der Waals surface area contributed by atoms with Crippen LogP contribution in [0.2, 0.25) is 0 Å². The van der Waals surface area contributed by atoms with E-state index in [0.717, 1.165) is 27.8 Å². The van der Waals surface area contributed by atoms with Gasteiger partial charge in [-0.15, -0.1) is 11.3 Å². The van der Waals surface area contributed by atoms with Gasteiger partial charge in [0.05, 0.1) is 11.7 Å². The van der Waals surface area contributed by atoms with Gasteiger partial charge in [-0.05, 0) is 23.5 Å². The Bertz CT molecular complexity index is 844. The normalized spacial score (nSPS) is 11.5. The molecule has 0 aliphatic carbocycles. The van der Waals surface area contributed by atoms with E-state index in [-0.39, 0.29) is 5.56 Å². The van der Waals surface area contributed by atoms with Crippen LogP contribution in [0.15, 0.2) is 40.8 Å². The molecule has 0 amide bonds. The molecular formula is C18H20N2OS. The van der Waals surface area contributed by atoms with Crippen molar-refractivity contribution in [3.05, 3.63) is 51.9 Å². The molecule has 0 aliphatic rings. The van der Waals surface area contributed by atoms with Gasteiger partial charge in [-0.1, -0.05) is 45.0 Å². The molecule has 2 heterocycles. The molecule has 0 saturated heterocycles. The molecule has 3 aromatic rings. The lowest BCUT2D eigenvalue weighted by Gasteiger charge is -2.08. The molecule has 1 aromatic carbocycles. The maximum Gasteiger partial charge on any atom is 0.262 e. The molecule has 0 unspecified atom stereocenters. The summed E-state index contributed by atoms with van der Waals surface area (Å²) in [5, 5.41) is 2.79. The molecule has 0 atom stereocenters. The third-order valence-electron chi connectivity index (χ3n) is 3.80. The number of aromatic nitrogens is 2. The first-order chi connectivity index (χ1) is 10.6. The number of hydrogen-bond acceptors (Lipinski definition) is 3. The number of hydrogen-bond donors (Lipinski definition) is 0. The molecule has 0 N–H and O–H groups in total. The van der Waals surface area contributed by atoms with Gasteiger partial charge >= 0.3 is 0 Å². The first kappa shape index (κ1) is 15.0. The van der Waals surface area contributed by atoms with E-state index >= 15 is 0 Å². The zero-order valence-corrected chi connectivity index (χ0v) is 14.0. The summed E-state index contributed by atoms with van der Waals surface area (Å²) in [7, 11) is 0. The second kappa shape index (κ2) is 6.05. The third-order valence-corrected chi connectivity index (χ3v) is 4.68. The van der Waals surface area contributed by atoms with Crippen molar-refractivity contribution in [2.75, 3.05) is 0 Å². The van der Waals surface area contributed by atoms with Crippen LogP contribution in [0.25, 0.3) is 21.3 Å². The molecule has 4 heteroatoms. The van der Waals surface area contributed by atoms with Crippen LogP contribution in [0.5, 0.6) is 0 Å².